The molecule has 228 valence electrons. The number of H-pyrrole nitrogens is 1. The molecule has 2 aromatic rings. The molecule has 0 radical (unpaired) electrons. The SMILES string of the molecule is Cc1cn([C@H]2C[C@@H](OC(=O)Cc3ccccc3C(C)N)C(COP(=O)(O)OP(=O)(O)OP(=O)(O)O)O2)c(=O)[nH]c1=O. The highest BCUT2D eigenvalue weighted by molar-refractivity contribution is 7.66. The molecule has 1 aromatic carbocycles. The fourth-order valence-corrected chi connectivity index (χ4v) is 6.95. The Balaban J connectivity index is 1.80. The van der Waals surface area contributed by atoms with Crippen LogP contribution in [0.3, 0.4) is 0 Å². The quantitative estimate of drug-likeness (QED) is 0.137. The molecule has 0 spiro atoms. The molecule has 0 saturated carbocycles. The van der Waals surface area contributed by atoms with Crippen molar-refractivity contribution in [2.75, 3.05) is 6.61 Å². The molecule has 21 heteroatoms. The maximum absolute atomic E-state index is 12.9. The number of benzene rings is 1. The van der Waals surface area contributed by atoms with Gasteiger partial charge in [-0.15, -0.1) is 0 Å². The number of hydrogen-bond donors (Lipinski definition) is 6. The molecule has 4 unspecified atom stereocenters. The lowest BCUT2D eigenvalue weighted by molar-refractivity contribution is -0.152. The molecular formula is C20H28N3O15P3. The van der Waals surface area contributed by atoms with Gasteiger partial charge in [0.15, 0.2) is 0 Å². The van der Waals surface area contributed by atoms with Gasteiger partial charge in [0.2, 0.25) is 0 Å². The number of rotatable bonds is 12. The number of nitrogens with zero attached hydrogens (tertiary/aromatic N) is 1. The van der Waals surface area contributed by atoms with Gasteiger partial charge < -0.3 is 34.8 Å². The van der Waals surface area contributed by atoms with Gasteiger partial charge in [-0.25, -0.2) is 18.5 Å². The Morgan fingerprint density at radius 3 is 2.44 bits per heavy atom. The van der Waals surface area contributed by atoms with Crippen LogP contribution in [-0.2, 0) is 47.5 Å². The number of ether oxygens (including phenoxy) is 2. The van der Waals surface area contributed by atoms with Crippen LogP contribution in [0.2, 0.25) is 0 Å². The molecule has 41 heavy (non-hydrogen) atoms. The number of phosphoric acid groups is 3. The highest BCUT2D eigenvalue weighted by Crippen LogP contribution is 2.66. The Labute approximate surface area is 231 Å². The van der Waals surface area contributed by atoms with E-state index in [-0.39, 0.29) is 18.4 Å². The van der Waals surface area contributed by atoms with E-state index in [1.807, 2.05) is 0 Å². The van der Waals surface area contributed by atoms with Crippen LogP contribution >= 0.6 is 23.5 Å². The molecule has 0 aliphatic carbocycles. The Kier molecular flexibility index (Phi) is 10.5. The first kappa shape index (κ1) is 33.2. The van der Waals surface area contributed by atoms with Crippen LogP contribution in [0.4, 0.5) is 0 Å². The van der Waals surface area contributed by atoms with Gasteiger partial charge in [0, 0.05) is 24.2 Å². The molecule has 3 rings (SSSR count). The van der Waals surface area contributed by atoms with E-state index in [0.717, 1.165) is 4.57 Å². The van der Waals surface area contributed by atoms with Crippen LogP contribution < -0.4 is 17.0 Å². The number of nitrogens with one attached hydrogen (secondary N) is 1. The second kappa shape index (κ2) is 12.9. The third-order valence-corrected chi connectivity index (χ3v) is 9.42. The summed E-state index contributed by atoms with van der Waals surface area (Å²) in [5.41, 5.74) is 5.84. The number of phosphoric ester groups is 1. The Morgan fingerprint density at radius 2 is 1.80 bits per heavy atom. The minimum absolute atomic E-state index is 0.144. The van der Waals surface area contributed by atoms with E-state index in [1.54, 1.807) is 31.2 Å². The molecule has 1 fully saturated rings. The van der Waals surface area contributed by atoms with Crippen molar-refractivity contribution < 1.29 is 60.7 Å². The normalized spacial score (nSPS) is 23.0. The van der Waals surface area contributed by atoms with Gasteiger partial charge >= 0.3 is 35.1 Å². The molecule has 0 amide bonds. The Hall–Kier alpha value is -2.30. The van der Waals surface area contributed by atoms with E-state index in [9.17, 15) is 37.9 Å². The lowest BCUT2D eigenvalue weighted by atomic mass is 10.00. The third-order valence-electron chi connectivity index (χ3n) is 5.62. The van der Waals surface area contributed by atoms with Crippen LogP contribution in [-0.4, -0.2) is 53.9 Å². The highest BCUT2D eigenvalue weighted by atomic mass is 31.3. The predicted octanol–water partition coefficient (Wildman–Crippen LogP) is 0.650. The van der Waals surface area contributed by atoms with E-state index in [4.69, 9.17) is 25.0 Å². The number of aryl methyl sites for hydroxylation is 1. The second-order valence-electron chi connectivity index (χ2n) is 8.92. The van der Waals surface area contributed by atoms with E-state index in [0.29, 0.717) is 11.1 Å². The molecule has 1 aliphatic rings. The second-order valence-corrected chi connectivity index (χ2v) is 13.3. The number of carbonyl (C=O) groups excluding carboxylic acids is 1. The Morgan fingerprint density at radius 1 is 1.15 bits per heavy atom. The van der Waals surface area contributed by atoms with Crippen molar-refractivity contribution in [3.8, 4) is 0 Å². The average Bonchev–Trinajstić information content (AvgIpc) is 3.20. The molecule has 0 bridgehead atoms. The van der Waals surface area contributed by atoms with Crippen molar-refractivity contribution in [3.05, 3.63) is 68.0 Å². The standard InChI is InChI=1S/C20H28N3O15P3/c1-11-9-23(20(26)22-19(11)25)17-8-15(36-18(24)7-13-5-3-4-6-14(13)12(2)21)16(35-17)10-34-40(30,31)38-41(32,33)37-39(27,28)29/h3-6,9,12,15-17H,7-8,10,21H2,1-2H3,(H,30,31)(H,32,33)(H,22,25,26)(H2,27,28,29)/t12?,15-,16?,17-/m1/s1. The number of aromatic nitrogens is 2. The summed E-state index contributed by atoms with van der Waals surface area (Å²) in [6.07, 6.45) is -3.00. The minimum atomic E-state index is -5.78. The van der Waals surface area contributed by atoms with Gasteiger partial charge in [-0.2, -0.15) is 8.62 Å². The largest absolute Gasteiger partial charge is 0.490 e. The summed E-state index contributed by atoms with van der Waals surface area (Å²) in [5.74, 6) is -0.763. The number of hydrogen-bond acceptors (Lipinski definition) is 12. The van der Waals surface area contributed by atoms with Crippen molar-refractivity contribution in [1.82, 2.24) is 9.55 Å². The summed E-state index contributed by atoms with van der Waals surface area (Å²) in [6.45, 7) is 2.21. The molecule has 6 atom stereocenters. The third kappa shape index (κ3) is 9.61. The minimum Gasteiger partial charge on any atom is -0.459 e. The zero-order valence-corrected chi connectivity index (χ0v) is 24.1. The first-order valence-corrected chi connectivity index (χ1v) is 16.2. The molecule has 7 N–H and O–H groups in total. The molecule has 1 aromatic heterocycles. The van der Waals surface area contributed by atoms with E-state index >= 15 is 0 Å². The molecule has 1 saturated heterocycles. The summed E-state index contributed by atoms with van der Waals surface area (Å²) in [5, 5.41) is 0. The lowest BCUT2D eigenvalue weighted by Crippen LogP contribution is -2.33. The molecule has 2 heterocycles. The van der Waals surface area contributed by atoms with E-state index < -0.39 is 71.8 Å². The molecular weight excluding hydrogens is 615 g/mol. The first-order valence-electron chi connectivity index (χ1n) is 11.6. The first-order chi connectivity index (χ1) is 18.9. The topological polar surface area (TPSA) is 276 Å². The summed E-state index contributed by atoms with van der Waals surface area (Å²) in [4.78, 5) is 75.6. The summed E-state index contributed by atoms with van der Waals surface area (Å²) >= 11 is 0. The maximum Gasteiger partial charge on any atom is 0.490 e. The monoisotopic (exact) mass is 643 g/mol. The van der Waals surface area contributed by atoms with Gasteiger partial charge in [0.25, 0.3) is 5.56 Å². The zero-order chi connectivity index (χ0) is 30.8. The number of carbonyl (C=O) groups is 1. The zero-order valence-electron chi connectivity index (χ0n) is 21.5. The molecule has 18 nitrogen and oxygen atoms in total. The lowest BCUT2D eigenvalue weighted by Gasteiger charge is -2.21. The van der Waals surface area contributed by atoms with Crippen LogP contribution in [0.5, 0.6) is 0 Å². The van der Waals surface area contributed by atoms with Gasteiger partial charge in [0.05, 0.1) is 13.0 Å². The van der Waals surface area contributed by atoms with Gasteiger partial charge in [-0.1, -0.05) is 24.3 Å². The average molecular weight is 643 g/mol. The van der Waals surface area contributed by atoms with Gasteiger partial charge in [-0.3, -0.25) is 23.7 Å². The van der Waals surface area contributed by atoms with Gasteiger partial charge in [-0.05, 0) is 25.0 Å². The van der Waals surface area contributed by atoms with E-state index in [1.165, 1.54) is 13.1 Å². The number of esters is 1. The number of nitrogens with two attached hydrogens (primary N) is 1. The van der Waals surface area contributed by atoms with Crippen molar-refractivity contribution in [1.29, 1.82) is 0 Å². The van der Waals surface area contributed by atoms with Crippen molar-refractivity contribution in [2.45, 2.75) is 51.2 Å². The van der Waals surface area contributed by atoms with Crippen molar-refractivity contribution >= 4 is 29.4 Å². The van der Waals surface area contributed by atoms with E-state index in [2.05, 4.69) is 18.1 Å². The summed E-state index contributed by atoms with van der Waals surface area (Å²) in [6, 6.07) is 6.44. The van der Waals surface area contributed by atoms with Crippen molar-refractivity contribution in [3.63, 3.8) is 0 Å². The van der Waals surface area contributed by atoms with Crippen LogP contribution in [0.25, 0.3) is 0 Å². The maximum atomic E-state index is 12.9. The van der Waals surface area contributed by atoms with Crippen LogP contribution in [0.1, 0.15) is 42.3 Å². The van der Waals surface area contributed by atoms with Crippen LogP contribution in [0, 0.1) is 6.92 Å². The predicted molar refractivity (Wildman–Crippen MR) is 137 cm³/mol. The smallest absolute Gasteiger partial charge is 0.459 e. The van der Waals surface area contributed by atoms with Crippen LogP contribution in [0.15, 0.2) is 40.1 Å². The highest BCUT2D eigenvalue weighted by Gasteiger charge is 2.44. The fraction of sp³-hybridized carbons (Fsp3) is 0.450. The molecule has 1 aliphatic heterocycles. The Bertz CT molecular complexity index is 1530. The van der Waals surface area contributed by atoms with Crippen molar-refractivity contribution in [2.24, 2.45) is 5.73 Å². The summed E-state index contributed by atoms with van der Waals surface area (Å²) in [7, 11) is -16.9. The fourth-order valence-electron chi connectivity index (χ4n) is 3.92. The summed E-state index contributed by atoms with van der Waals surface area (Å²) < 4.78 is 58.9. The van der Waals surface area contributed by atoms with Gasteiger partial charge in [0.1, 0.15) is 18.4 Å². The number of aromatic amines is 1.